The Kier molecular flexibility index (Phi) is 3.99. The van der Waals surface area contributed by atoms with Gasteiger partial charge in [0.25, 0.3) is 5.91 Å². The number of aliphatic hydroxyl groups excluding tert-OH is 1. The molecule has 1 saturated carbocycles. The number of hydrogen-bond donors (Lipinski definition) is 1. The minimum atomic E-state index is -4.63. The van der Waals surface area contributed by atoms with E-state index in [1.807, 2.05) is 0 Å². The summed E-state index contributed by atoms with van der Waals surface area (Å²) in [6.45, 7) is 0.0113. The van der Waals surface area contributed by atoms with Crippen LogP contribution in [0.15, 0.2) is 18.3 Å². The fourth-order valence-corrected chi connectivity index (χ4v) is 1.98. The Labute approximate surface area is 114 Å². The lowest BCUT2D eigenvalue weighted by atomic mass is 10.1. The summed E-state index contributed by atoms with van der Waals surface area (Å²) >= 11 is 0. The van der Waals surface area contributed by atoms with Gasteiger partial charge < -0.3 is 10.0 Å². The van der Waals surface area contributed by atoms with E-state index in [2.05, 4.69) is 4.98 Å². The third-order valence-corrected chi connectivity index (χ3v) is 3.29. The minimum Gasteiger partial charge on any atom is -0.391 e. The summed E-state index contributed by atoms with van der Waals surface area (Å²) in [5, 5.41) is 9.75. The second-order valence-corrected chi connectivity index (χ2v) is 4.99. The van der Waals surface area contributed by atoms with E-state index in [9.17, 15) is 23.1 Å². The van der Waals surface area contributed by atoms with E-state index in [-0.39, 0.29) is 12.5 Å². The lowest BCUT2D eigenvalue weighted by Crippen LogP contribution is -2.36. The van der Waals surface area contributed by atoms with E-state index in [0.29, 0.717) is 0 Å². The summed E-state index contributed by atoms with van der Waals surface area (Å²) in [6, 6.07) is 1.96. The third-order valence-electron chi connectivity index (χ3n) is 3.29. The van der Waals surface area contributed by atoms with Gasteiger partial charge in [-0.25, -0.2) is 0 Å². The predicted octanol–water partition coefficient (Wildman–Crippen LogP) is 1.94. The number of pyridine rings is 1. The van der Waals surface area contributed by atoms with Gasteiger partial charge >= 0.3 is 6.18 Å². The van der Waals surface area contributed by atoms with E-state index in [1.165, 1.54) is 7.05 Å². The molecule has 4 nitrogen and oxygen atoms in total. The van der Waals surface area contributed by atoms with Gasteiger partial charge in [0, 0.05) is 19.8 Å². The second-order valence-electron chi connectivity index (χ2n) is 4.99. The number of hydrogen-bond acceptors (Lipinski definition) is 3. The number of alkyl halides is 3. The molecule has 1 aliphatic rings. The molecule has 0 spiro atoms. The first-order valence-electron chi connectivity index (χ1n) is 6.26. The Hall–Kier alpha value is -1.63. The highest BCUT2D eigenvalue weighted by Gasteiger charge is 2.37. The number of amides is 1. The molecular formula is C13H15F3N2O2. The van der Waals surface area contributed by atoms with Gasteiger partial charge in [0.1, 0.15) is 5.69 Å². The van der Waals surface area contributed by atoms with Crippen molar-refractivity contribution in [3.8, 4) is 0 Å². The monoisotopic (exact) mass is 288 g/mol. The van der Waals surface area contributed by atoms with Gasteiger partial charge in [0.05, 0.1) is 11.7 Å². The largest absolute Gasteiger partial charge is 0.418 e. The molecule has 0 aliphatic heterocycles. The van der Waals surface area contributed by atoms with Gasteiger partial charge in [-0.3, -0.25) is 9.78 Å². The smallest absolute Gasteiger partial charge is 0.391 e. The summed E-state index contributed by atoms with van der Waals surface area (Å²) in [5.74, 6) is -0.686. The molecular weight excluding hydrogens is 273 g/mol. The fraction of sp³-hybridized carbons (Fsp3) is 0.538. The van der Waals surface area contributed by atoms with Crippen LogP contribution in [0.4, 0.5) is 13.2 Å². The van der Waals surface area contributed by atoms with Gasteiger partial charge in [0.15, 0.2) is 0 Å². The predicted molar refractivity (Wildman–Crippen MR) is 64.9 cm³/mol. The highest BCUT2D eigenvalue weighted by Crippen LogP contribution is 2.33. The molecule has 0 aromatic carbocycles. The number of carbonyl (C=O) groups excluding carboxylic acids is 1. The van der Waals surface area contributed by atoms with Gasteiger partial charge in [-0.2, -0.15) is 13.2 Å². The van der Waals surface area contributed by atoms with Crippen LogP contribution in [-0.4, -0.2) is 40.6 Å². The van der Waals surface area contributed by atoms with Crippen molar-refractivity contribution in [2.45, 2.75) is 25.1 Å². The molecule has 0 bridgehead atoms. The van der Waals surface area contributed by atoms with Crippen molar-refractivity contribution in [2.24, 2.45) is 5.92 Å². The minimum absolute atomic E-state index is 0.0113. The summed E-state index contributed by atoms with van der Waals surface area (Å²) in [6.07, 6.45) is -2.40. The molecule has 0 saturated heterocycles. The van der Waals surface area contributed by atoms with Crippen LogP contribution in [0.3, 0.4) is 0 Å². The zero-order valence-electron chi connectivity index (χ0n) is 10.9. The maximum atomic E-state index is 12.8. The van der Waals surface area contributed by atoms with Crippen LogP contribution in [0.1, 0.15) is 28.9 Å². The maximum Gasteiger partial charge on any atom is 0.418 e. The number of aliphatic hydroxyl groups is 1. The van der Waals surface area contributed by atoms with E-state index in [4.69, 9.17) is 0 Å². The van der Waals surface area contributed by atoms with E-state index >= 15 is 0 Å². The van der Waals surface area contributed by atoms with Crippen molar-refractivity contribution in [3.63, 3.8) is 0 Å². The molecule has 1 atom stereocenters. The number of nitrogens with zero attached hydrogens (tertiary/aromatic N) is 2. The topological polar surface area (TPSA) is 53.4 Å². The van der Waals surface area contributed by atoms with Gasteiger partial charge in [-0.05, 0) is 30.9 Å². The Bertz CT molecular complexity index is 501. The second kappa shape index (κ2) is 5.40. The van der Waals surface area contributed by atoms with Gasteiger partial charge in [0.2, 0.25) is 0 Å². The van der Waals surface area contributed by atoms with Crippen LogP contribution in [-0.2, 0) is 6.18 Å². The van der Waals surface area contributed by atoms with Crippen LogP contribution in [0.5, 0.6) is 0 Å². The van der Waals surface area contributed by atoms with Crippen LogP contribution in [0.25, 0.3) is 0 Å². The van der Waals surface area contributed by atoms with Crippen molar-refractivity contribution < 1.29 is 23.1 Å². The molecule has 1 N–H and O–H groups in total. The Morgan fingerprint density at radius 2 is 2.20 bits per heavy atom. The molecule has 1 aromatic heterocycles. The molecule has 7 heteroatoms. The van der Waals surface area contributed by atoms with E-state index in [0.717, 1.165) is 36.1 Å². The van der Waals surface area contributed by atoms with Crippen molar-refractivity contribution in [2.75, 3.05) is 13.6 Å². The maximum absolute atomic E-state index is 12.8. The first-order valence-corrected chi connectivity index (χ1v) is 6.26. The average molecular weight is 288 g/mol. The Balaban J connectivity index is 2.15. The first-order chi connectivity index (χ1) is 9.30. The zero-order valence-corrected chi connectivity index (χ0v) is 10.9. The van der Waals surface area contributed by atoms with Crippen molar-refractivity contribution in [3.05, 3.63) is 29.6 Å². The molecule has 2 rings (SSSR count). The normalized spacial score (nSPS) is 16.9. The molecule has 1 unspecified atom stereocenters. The van der Waals surface area contributed by atoms with E-state index < -0.39 is 29.4 Å². The van der Waals surface area contributed by atoms with Crippen molar-refractivity contribution in [1.82, 2.24) is 9.88 Å². The fourth-order valence-electron chi connectivity index (χ4n) is 1.98. The number of rotatable bonds is 4. The average Bonchev–Trinajstić information content (AvgIpc) is 3.21. The molecule has 20 heavy (non-hydrogen) atoms. The summed E-state index contributed by atoms with van der Waals surface area (Å²) in [4.78, 5) is 16.7. The lowest BCUT2D eigenvalue weighted by Gasteiger charge is -2.21. The van der Waals surface area contributed by atoms with Crippen LogP contribution >= 0.6 is 0 Å². The molecule has 0 radical (unpaired) electrons. The van der Waals surface area contributed by atoms with Crippen molar-refractivity contribution >= 4 is 5.91 Å². The molecule has 1 fully saturated rings. The Morgan fingerprint density at radius 1 is 1.55 bits per heavy atom. The molecule has 1 heterocycles. The van der Waals surface area contributed by atoms with Crippen molar-refractivity contribution in [1.29, 1.82) is 0 Å². The first kappa shape index (κ1) is 14.8. The number of aromatic nitrogens is 1. The summed E-state index contributed by atoms with van der Waals surface area (Å²) in [7, 11) is 1.36. The molecule has 1 aliphatic carbocycles. The lowest BCUT2D eigenvalue weighted by molar-refractivity contribution is -0.138. The SMILES string of the molecule is CN(CC(O)C1CC1)C(=O)c1ncccc1C(F)(F)F. The van der Waals surface area contributed by atoms with E-state index in [1.54, 1.807) is 0 Å². The summed E-state index contributed by atoms with van der Waals surface area (Å²) in [5.41, 5.74) is -1.69. The number of carbonyl (C=O) groups is 1. The van der Waals surface area contributed by atoms with Crippen LogP contribution in [0, 0.1) is 5.92 Å². The zero-order chi connectivity index (χ0) is 14.9. The van der Waals surface area contributed by atoms with Crippen LogP contribution in [0.2, 0.25) is 0 Å². The quantitative estimate of drug-likeness (QED) is 0.921. The summed E-state index contributed by atoms with van der Waals surface area (Å²) < 4.78 is 38.4. The number of halogens is 3. The molecule has 110 valence electrons. The standard InChI is InChI=1S/C13H15F3N2O2/c1-18(7-10(19)8-4-5-8)12(20)11-9(13(14,15)16)3-2-6-17-11/h2-3,6,8,10,19H,4-5,7H2,1H3. The van der Waals surface area contributed by atoms with Gasteiger partial charge in [-0.15, -0.1) is 0 Å². The third kappa shape index (κ3) is 3.27. The number of likely N-dealkylation sites (N-methyl/N-ethyl adjacent to an activating group) is 1. The molecule has 1 aromatic rings. The molecule has 1 amide bonds. The van der Waals surface area contributed by atoms with Crippen LogP contribution < -0.4 is 0 Å². The highest BCUT2D eigenvalue weighted by molar-refractivity contribution is 5.93. The Morgan fingerprint density at radius 3 is 2.75 bits per heavy atom. The van der Waals surface area contributed by atoms with Gasteiger partial charge in [-0.1, -0.05) is 0 Å². The highest BCUT2D eigenvalue weighted by atomic mass is 19.4.